The fourth-order valence-electron chi connectivity index (χ4n) is 7.03. The number of nitrogens with zero attached hydrogens (tertiary/aromatic N) is 1. The lowest BCUT2D eigenvalue weighted by molar-refractivity contribution is -0.140. The highest BCUT2D eigenvalue weighted by molar-refractivity contribution is 7.78. The summed E-state index contributed by atoms with van der Waals surface area (Å²) in [6.07, 6.45) is 4.62. The molecule has 1 fully saturated rings. The van der Waals surface area contributed by atoms with Crippen LogP contribution in [0.1, 0.15) is 176 Å². The molecular formula is C51H77F4N3O3S. The van der Waals surface area contributed by atoms with Crippen molar-refractivity contribution >= 4 is 35.0 Å². The van der Waals surface area contributed by atoms with Gasteiger partial charge < -0.3 is 15.4 Å². The molecule has 0 aromatic heterocycles. The quantitative estimate of drug-likeness (QED) is 0.105. The number of thiocarbonyl (C=S) groups is 1. The number of allylic oxidation sites excluding steroid dienone is 3. The van der Waals surface area contributed by atoms with Crippen LogP contribution in [-0.2, 0) is 15.8 Å². The van der Waals surface area contributed by atoms with E-state index in [4.69, 9.17) is 10.00 Å². The summed E-state index contributed by atoms with van der Waals surface area (Å²) in [7, 11) is 0. The summed E-state index contributed by atoms with van der Waals surface area (Å²) in [6.45, 7) is 34.6. The van der Waals surface area contributed by atoms with Gasteiger partial charge in [0.25, 0.3) is 5.91 Å². The Morgan fingerprint density at radius 2 is 1.55 bits per heavy atom. The zero-order chi connectivity index (χ0) is 48.4. The van der Waals surface area contributed by atoms with Crippen LogP contribution in [0.25, 0.3) is 5.70 Å². The number of halogens is 4. The van der Waals surface area contributed by atoms with Crippen LogP contribution in [-0.4, -0.2) is 23.7 Å². The van der Waals surface area contributed by atoms with Gasteiger partial charge in [0, 0.05) is 23.1 Å². The van der Waals surface area contributed by atoms with Crippen LogP contribution in [0.3, 0.4) is 0 Å². The molecule has 3 rings (SSSR count). The summed E-state index contributed by atoms with van der Waals surface area (Å²) in [5.41, 5.74) is 4.06. The Bertz CT molecular complexity index is 1830. The van der Waals surface area contributed by atoms with Crippen molar-refractivity contribution in [3.63, 3.8) is 0 Å². The Kier molecular flexibility index (Phi) is 29.6. The summed E-state index contributed by atoms with van der Waals surface area (Å²) in [4.78, 5) is 25.4. The highest BCUT2D eigenvalue weighted by Crippen LogP contribution is 2.47. The molecule has 0 aliphatic heterocycles. The van der Waals surface area contributed by atoms with Crippen molar-refractivity contribution < 1.29 is 31.9 Å². The third kappa shape index (κ3) is 18.6. The number of hydrogen-bond donors (Lipinski definition) is 2. The highest BCUT2D eigenvalue weighted by Gasteiger charge is 2.43. The lowest BCUT2D eigenvalue weighted by Crippen LogP contribution is -2.34. The molecule has 0 saturated heterocycles. The van der Waals surface area contributed by atoms with Crippen LogP contribution in [0, 0.1) is 48.2 Å². The highest BCUT2D eigenvalue weighted by atomic mass is 32.1. The fraction of sp³-hybridized carbons (Fsp3) is 0.569. The zero-order valence-corrected chi connectivity index (χ0v) is 41.3. The summed E-state index contributed by atoms with van der Waals surface area (Å²) in [5, 5.41) is 16.4. The van der Waals surface area contributed by atoms with Gasteiger partial charge >= 0.3 is 6.18 Å². The monoisotopic (exact) mass is 888 g/mol. The van der Waals surface area contributed by atoms with Crippen molar-refractivity contribution in [1.82, 2.24) is 10.6 Å². The summed E-state index contributed by atoms with van der Waals surface area (Å²) in [5.74, 6) is 0.636. The molecule has 0 spiro atoms. The van der Waals surface area contributed by atoms with Gasteiger partial charge in [0.1, 0.15) is 28.6 Å². The predicted octanol–water partition coefficient (Wildman–Crippen LogP) is 15.1. The maximum absolute atomic E-state index is 13.4. The topological polar surface area (TPSA) is 91.2 Å². The van der Waals surface area contributed by atoms with E-state index in [0.717, 1.165) is 96.5 Å². The van der Waals surface area contributed by atoms with Crippen molar-refractivity contribution in [1.29, 1.82) is 5.26 Å². The maximum atomic E-state index is 13.4. The average molecular weight is 888 g/mol. The number of Topliss-reactive ketones (excluding diaryl/α,β-unsaturated/α-hetero) is 1. The predicted molar refractivity (Wildman–Crippen MR) is 255 cm³/mol. The number of carbonyl (C=O) groups excluding carboxylic acids is 2. The molecule has 0 heterocycles. The first-order valence-corrected chi connectivity index (χ1v) is 22.7. The van der Waals surface area contributed by atoms with E-state index in [9.17, 15) is 27.2 Å². The first kappa shape index (κ1) is 59.8. The molecule has 6 nitrogen and oxygen atoms in total. The van der Waals surface area contributed by atoms with Crippen molar-refractivity contribution in [3.05, 3.63) is 93.1 Å². The van der Waals surface area contributed by atoms with Crippen molar-refractivity contribution in [3.8, 4) is 11.8 Å². The first-order valence-electron chi connectivity index (χ1n) is 22.2. The second-order valence-electron chi connectivity index (χ2n) is 15.5. The number of nitrogens with one attached hydrogen (secondary N) is 2. The molecule has 11 heteroatoms. The molecule has 1 aliphatic carbocycles. The third-order valence-electron chi connectivity index (χ3n) is 10.9. The number of hydrogen-bond acceptors (Lipinski definition) is 6. The smallest absolute Gasteiger partial charge is 0.420 e. The fourth-order valence-corrected chi connectivity index (χ4v) is 7.03. The van der Waals surface area contributed by atoms with Crippen LogP contribution < -0.4 is 15.4 Å². The van der Waals surface area contributed by atoms with E-state index in [0.29, 0.717) is 29.9 Å². The summed E-state index contributed by atoms with van der Waals surface area (Å²) in [6, 6.07) is 9.45. The molecule has 0 radical (unpaired) electrons. The number of benzene rings is 2. The van der Waals surface area contributed by atoms with Gasteiger partial charge in [-0.15, -0.1) is 0 Å². The molecule has 2 aromatic rings. The van der Waals surface area contributed by atoms with E-state index in [1.54, 1.807) is 5.37 Å². The Morgan fingerprint density at radius 1 is 0.984 bits per heavy atom. The first-order chi connectivity index (χ1) is 29.1. The number of aryl methyl sites for hydroxylation is 2. The number of ketones is 1. The minimum atomic E-state index is -4.83. The van der Waals surface area contributed by atoms with Gasteiger partial charge in [-0.3, -0.25) is 9.59 Å². The van der Waals surface area contributed by atoms with E-state index in [-0.39, 0.29) is 16.9 Å². The van der Waals surface area contributed by atoms with E-state index >= 15 is 0 Å². The molecule has 2 aromatic carbocycles. The van der Waals surface area contributed by atoms with Gasteiger partial charge in [0.15, 0.2) is 0 Å². The number of rotatable bonds is 15. The maximum Gasteiger partial charge on any atom is 0.420 e. The molecule has 1 saturated carbocycles. The summed E-state index contributed by atoms with van der Waals surface area (Å²) >= 11 is 4.27. The van der Waals surface area contributed by atoms with Crippen LogP contribution in [0.15, 0.2) is 59.5 Å². The summed E-state index contributed by atoms with van der Waals surface area (Å²) < 4.78 is 55.8. The normalized spacial score (nSPS) is 13.7. The Morgan fingerprint density at radius 3 is 1.98 bits per heavy atom. The Labute approximate surface area is 378 Å². The Balaban J connectivity index is 0. The zero-order valence-electron chi connectivity index (χ0n) is 40.5. The number of ether oxygens (including phenoxy) is 1. The molecule has 1 aliphatic rings. The number of nitriles is 1. The second kappa shape index (κ2) is 30.7. The third-order valence-corrected chi connectivity index (χ3v) is 10.9. The molecule has 62 heavy (non-hydrogen) atoms. The molecular weight excluding hydrogens is 811 g/mol. The van der Waals surface area contributed by atoms with E-state index in [1.807, 2.05) is 74.4 Å². The van der Waals surface area contributed by atoms with E-state index in [2.05, 4.69) is 70.1 Å². The largest absolute Gasteiger partial charge is 0.493 e. The standard InChI is InChI=1S/C26H40N2O2.C12H22O.C9H5F4N.C2H4S.C2H6/c1-10-13-20(8)27-25(21(9)19(7)11-2)26(29)28-24(17(4)5)22-16-18(6)14-15-23(22)30-12-3;1-4-10(3)12(11(13)5-2)8-6-7-9-12;1-5-2-3-6(4-14)7(8(5)10)9(11,12)13;1-2-3;1-2/h14-16,19,27H,8,10-13H2,1-7,9H3,(H,28,29);10H,4-9H2,1-3H3;2-3H,1H3;2H,1H3;1-2H3/b25-21-;;;;. The minimum Gasteiger partial charge on any atom is -0.493 e. The van der Waals surface area contributed by atoms with E-state index in [1.165, 1.54) is 25.8 Å². The second-order valence-corrected chi connectivity index (χ2v) is 16.0. The molecule has 2 unspecified atom stereocenters. The van der Waals surface area contributed by atoms with Crippen LogP contribution in [0.5, 0.6) is 5.75 Å². The number of amides is 1. The lowest BCUT2D eigenvalue weighted by atomic mass is 9.70. The molecule has 1 amide bonds. The van der Waals surface area contributed by atoms with Gasteiger partial charge in [0.05, 0.1) is 23.9 Å². The molecule has 2 N–H and O–H groups in total. The van der Waals surface area contributed by atoms with Crippen LogP contribution in [0.2, 0.25) is 0 Å². The lowest BCUT2D eigenvalue weighted by Gasteiger charge is -2.33. The van der Waals surface area contributed by atoms with Gasteiger partial charge in [0.2, 0.25) is 0 Å². The van der Waals surface area contributed by atoms with Crippen molar-refractivity contribution in [2.24, 2.45) is 17.3 Å². The Hall–Kier alpha value is -4.30. The number of alkyl halides is 3. The van der Waals surface area contributed by atoms with Crippen molar-refractivity contribution in [2.45, 2.75) is 168 Å². The average Bonchev–Trinajstić information content (AvgIpc) is 3.75. The minimum absolute atomic E-state index is 0.0729. The van der Waals surface area contributed by atoms with Crippen molar-refractivity contribution in [2.75, 3.05) is 6.61 Å². The van der Waals surface area contributed by atoms with Gasteiger partial charge in [-0.2, -0.15) is 18.4 Å². The van der Waals surface area contributed by atoms with E-state index < -0.39 is 23.1 Å². The molecule has 348 valence electrons. The van der Waals surface area contributed by atoms with Gasteiger partial charge in [-0.25, -0.2) is 4.39 Å². The number of carbonyl (C=O) groups is 2. The molecule has 0 bridgehead atoms. The molecule has 2 atom stereocenters. The van der Waals surface area contributed by atoms with Crippen LogP contribution >= 0.6 is 12.2 Å². The SMILES string of the molecule is C=C(CCC)N/C(C(=O)NC(=C(C)C)c1cc(C)ccc1OCC)=C(/C)C(C)CC.CC.CC=S.CCC(=O)C1(C(C)CC)CCCC1.Cc1ccc(C#N)c(C(F)(F)F)c1F. The van der Waals surface area contributed by atoms with Gasteiger partial charge in [-0.05, 0) is 121 Å². The van der Waals surface area contributed by atoms with Crippen LogP contribution in [0.4, 0.5) is 17.6 Å². The van der Waals surface area contributed by atoms with Gasteiger partial charge in [-0.1, -0.05) is 123 Å².